The molecule has 43 heavy (non-hydrogen) atoms. The van der Waals surface area contributed by atoms with E-state index in [2.05, 4.69) is 70.8 Å². The highest BCUT2D eigenvalue weighted by molar-refractivity contribution is 7.99. The summed E-state index contributed by atoms with van der Waals surface area (Å²) in [6.45, 7) is 14.3. The molecule has 1 saturated heterocycles. The van der Waals surface area contributed by atoms with Crippen LogP contribution in [0.25, 0.3) is 28.2 Å². The molecule has 7 nitrogen and oxygen atoms in total. The molecule has 1 amide bonds. The fourth-order valence-electron chi connectivity index (χ4n) is 5.17. The van der Waals surface area contributed by atoms with Gasteiger partial charge in [-0.15, -0.1) is 11.8 Å². The zero-order valence-electron chi connectivity index (χ0n) is 25.8. The Hall–Kier alpha value is -3.88. The number of thioether (sulfide) groups is 1. The van der Waals surface area contributed by atoms with E-state index in [-0.39, 0.29) is 16.9 Å². The summed E-state index contributed by atoms with van der Waals surface area (Å²) in [6, 6.07) is 23.3. The van der Waals surface area contributed by atoms with E-state index in [1.807, 2.05) is 45.6 Å². The third kappa shape index (κ3) is 7.03. The number of likely N-dealkylation sites (N-methyl/N-ethyl adjacent to an activating group) is 1. The zero-order valence-corrected chi connectivity index (χ0v) is 26.6. The van der Waals surface area contributed by atoms with Gasteiger partial charge in [0.15, 0.2) is 0 Å². The summed E-state index contributed by atoms with van der Waals surface area (Å²) in [7, 11) is 2.08. The van der Waals surface area contributed by atoms with Gasteiger partial charge in [0, 0.05) is 53.0 Å². The highest BCUT2D eigenvalue weighted by atomic mass is 32.2. The number of carbonyl (C=O) groups is 2. The first-order chi connectivity index (χ1) is 20.4. The lowest BCUT2D eigenvalue weighted by molar-refractivity contribution is 0.0662. The van der Waals surface area contributed by atoms with Crippen molar-refractivity contribution in [3.05, 3.63) is 89.5 Å². The largest absolute Gasteiger partial charge is 0.478 e. The highest BCUT2D eigenvalue weighted by Gasteiger charge is 2.22. The summed E-state index contributed by atoms with van der Waals surface area (Å²) in [6.07, 6.45) is 0. The maximum atomic E-state index is 13.2. The van der Waals surface area contributed by atoms with Crippen molar-refractivity contribution < 1.29 is 14.7 Å². The van der Waals surface area contributed by atoms with E-state index in [0.717, 1.165) is 54.4 Å². The van der Waals surface area contributed by atoms with Gasteiger partial charge in [-0.1, -0.05) is 46.8 Å². The first kappa shape index (κ1) is 30.6. The monoisotopic (exact) mass is 596 g/mol. The Morgan fingerprint density at radius 3 is 2.05 bits per heavy atom. The summed E-state index contributed by atoms with van der Waals surface area (Å²) < 4.78 is 1.93. The Morgan fingerprint density at radius 1 is 0.837 bits per heavy atom. The van der Waals surface area contributed by atoms with Gasteiger partial charge in [-0.25, -0.2) is 9.48 Å². The summed E-state index contributed by atoms with van der Waals surface area (Å²) in [5.41, 5.74) is 6.47. The van der Waals surface area contributed by atoms with Crippen LogP contribution < -0.4 is 0 Å². The van der Waals surface area contributed by atoms with Gasteiger partial charge >= 0.3 is 5.97 Å². The van der Waals surface area contributed by atoms with Crippen LogP contribution in [0.3, 0.4) is 0 Å². The van der Waals surface area contributed by atoms with Crippen molar-refractivity contribution in [1.82, 2.24) is 19.6 Å². The molecule has 2 heterocycles. The number of nitrogens with zero attached hydrogens (tertiary/aromatic N) is 4. The molecule has 0 spiro atoms. The lowest BCUT2D eigenvalue weighted by atomic mass is 9.86. The molecule has 8 heteroatoms. The molecule has 224 valence electrons. The molecule has 0 unspecified atom stereocenters. The fraction of sp³-hybridized carbons (Fsp3) is 0.343. The predicted molar refractivity (Wildman–Crippen MR) is 174 cm³/mol. The lowest BCUT2D eigenvalue weighted by Crippen LogP contribution is -2.47. The molecule has 5 rings (SSSR count). The van der Waals surface area contributed by atoms with E-state index in [1.54, 1.807) is 24.3 Å². The molecule has 0 bridgehead atoms. The van der Waals surface area contributed by atoms with E-state index in [1.165, 1.54) is 10.5 Å². The topological polar surface area (TPSA) is 78.7 Å². The minimum atomic E-state index is -0.960. The molecule has 3 aromatic carbocycles. The Kier molecular flexibility index (Phi) is 8.81. The molecule has 4 aromatic rings. The van der Waals surface area contributed by atoms with Crippen LogP contribution in [-0.4, -0.2) is 75.0 Å². The molecular weight excluding hydrogens is 556 g/mol. The van der Waals surface area contributed by atoms with Crippen molar-refractivity contribution in [2.24, 2.45) is 0 Å². The molecule has 0 atom stereocenters. The molecule has 0 saturated carbocycles. The normalized spacial score (nSPS) is 14.3. The standard InChI is InChI=1S/C35H40N4O3S/c1-23(2)43-30-20-27(19-28(21-30)35(3,4)5)32-22-31(24-7-9-26(10-8-24)34(41)42)36-39(32)29-13-11-25(12-14-29)33(40)38-17-15-37(6)16-18-38/h7-14,19-23H,15-18H2,1-6H3,(H,41,42). The van der Waals surface area contributed by atoms with Crippen LogP contribution in [0.1, 0.15) is 60.9 Å². The number of carboxylic acids is 1. The van der Waals surface area contributed by atoms with E-state index < -0.39 is 5.97 Å². The molecule has 1 N–H and O–H groups in total. The summed E-state index contributed by atoms with van der Waals surface area (Å²) in [5.74, 6) is -0.911. The molecule has 0 aliphatic carbocycles. The summed E-state index contributed by atoms with van der Waals surface area (Å²) in [4.78, 5) is 30.0. The molecule has 0 radical (unpaired) electrons. The number of hydrogen-bond acceptors (Lipinski definition) is 5. The number of rotatable bonds is 7. The minimum absolute atomic E-state index is 0.0477. The second kappa shape index (κ2) is 12.4. The summed E-state index contributed by atoms with van der Waals surface area (Å²) >= 11 is 1.84. The Morgan fingerprint density at radius 2 is 1.47 bits per heavy atom. The minimum Gasteiger partial charge on any atom is -0.478 e. The fourth-order valence-corrected chi connectivity index (χ4v) is 6.10. The molecule has 1 aliphatic heterocycles. The number of carboxylic acid groups (broad SMARTS) is 1. The van der Waals surface area contributed by atoms with Crippen molar-refractivity contribution in [2.45, 2.75) is 50.2 Å². The van der Waals surface area contributed by atoms with Crippen molar-refractivity contribution in [1.29, 1.82) is 0 Å². The van der Waals surface area contributed by atoms with Gasteiger partial charge in [0.05, 0.1) is 22.6 Å². The van der Waals surface area contributed by atoms with Crippen molar-refractivity contribution in [3.8, 4) is 28.2 Å². The third-order valence-electron chi connectivity index (χ3n) is 7.73. The Bertz CT molecular complexity index is 1610. The number of piperazine rings is 1. The molecule has 1 aliphatic rings. The number of aromatic nitrogens is 2. The van der Waals surface area contributed by atoms with E-state index >= 15 is 0 Å². The van der Waals surface area contributed by atoms with Gasteiger partial charge in [0.1, 0.15) is 0 Å². The Balaban J connectivity index is 1.59. The molecule has 1 aromatic heterocycles. The molecule has 1 fully saturated rings. The number of amides is 1. The SMILES string of the molecule is CC(C)Sc1cc(-c2cc(-c3ccc(C(=O)O)cc3)nn2-c2ccc(C(=O)N3CCN(C)CC3)cc2)cc(C(C)(C)C)c1. The smallest absolute Gasteiger partial charge is 0.335 e. The molecular formula is C35H40N4O3S. The van der Waals surface area contributed by atoms with E-state index in [9.17, 15) is 14.7 Å². The number of benzene rings is 3. The van der Waals surface area contributed by atoms with Crippen molar-refractivity contribution in [3.63, 3.8) is 0 Å². The van der Waals surface area contributed by atoms with Crippen LogP contribution in [0.4, 0.5) is 0 Å². The zero-order chi connectivity index (χ0) is 30.9. The first-order valence-electron chi connectivity index (χ1n) is 14.7. The van der Waals surface area contributed by atoms with Gasteiger partial charge in [0.2, 0.25) is 0 Å². The van der Waals surface area contributed by atoms with Gasteiger partial charge in [-0.05, 0) is 78.7 Å². The second-order valence-electron chi connectivity index (χ2n) is 12.5. The summed E-state index contributed by atoms with van der Waals surface area (Å²) in [5, 5.41) is 14.8. The second-order valence-corrected chi connectivity index (χ2v) is 14.2. The van der Waals surface area contributed by atoms with Crippen LogP contribution in [-0.2, 0) is 5.41 Å². The van der Waals surface area contributed by atoms with Crippen LogP contribution in [0.15, 0.2) is 77.7 Å². The number of carbonyl (C=O) groups excluding carboxylic acids is 1. The van der Waals surface area contributed by atoms with Gasteiger partial charge in [-0.2, -0.15) is 5.10 Å². The van der Waals surface area contributed by atoms with Crippen LogP contribution in [0, 0.1) is 0 Å². The van der Waals surface area contributed by atoms with Gasteiger partial charge in [0.25, 0.3) is 5.91 Å². The average molecular weight is 597 g/mol. The van der Waals surface area contributed by atoms with Crippen molar-refractivity contribution >= 4 is 23.6 Å². The van der Waals surface area contributed by atoms with Crippen LogP contribution in [0.5, 0.6) is 0 Å². The first-order valence-corrected chi connectivity index (χ1v) is 15.6. The van der Waals surface area contributed by atoms with Crippen molar-refractivity contribution in [2.75, 3.05) is 33.2 Å². The van der Waals surface area contributed by atoms with Gasteiger partial charge < -0.3 is 14.9 Å². The van der Waals surface area contributed by atoms with Crippen LogP contribution in [0.2, 0.25) is 0 Å². The highest BCUT2D eigenvalue weighted by Crippen LogP contribution is 2.36. The number of aromatic carboxylic acids is 1. The maximum absolute atomic E-state index is 13.2. The predicted octanol–water partition coefficient (Wildman–Crippen LogP) is 7.09. The van der Waals surface area contributed by atoms with Crippen LogP contribution >= 0.6 is 11.8 Å². The number of hydrogen-bond donors (Lipinski definition) is 1. The van der Waals surface area contributed by atoms with E-state index in [0.29, 0.717) is 10.8 Å². The van der Waals surface area contributed by atoms with Gasteiger partial charge in [-0.3, -0.25) is 4.79 Å². The third-order valence-corrected chi connectivity index (χ3v) is 8.71. The maximum Gasteiger partial charge on any atom is 0.335 e. The average Bonchev–Trinajstić information content (AvgIpc) is 3.42. The quantitative estimate of drug-likeness (QED) is 0.230. The Labute approximate surface area is 258 Å². The van der Waals surface area contributed by atoms with E-state index in [4.69, 9.17) is 5.10 Å². The lowest BCUT2D eigenvalue weighted by Gasteiger charge is -2.32.